The lowest BCUT2D eigenvalue weighted by Crippen LogP contribution is -2.38. The summed E-state index contributed by atoms with van der Waals surface area (Å²) in [5.74, 6) is 0.416. The van der Waals surface area contributed by atoms with Crippen molar-refractivity contribution in [3.8, 4) is 11.5 Å². The van der Waals surface area contributed by atoms with Crippen LogP contribution in [0.1, 0.15) is 33.3 Å². The van der Waals surface area contributed by atoms with E-state index in [1.165, 1.54) is 7.11 Å². The van der Waals surface area contributed by atoms with Crippen molar-refractivity contribution in [1.82, 2.24) is 4.90 Å². The third kappa shape index (κ3) is 4.02. The maximum absolute atomic E-state index is 9.72. The molecule has 1 atom stereocenters. The van der Waals surface area contributed by atoms with Crippen molar-refractivity contribution in [2.75, 3.05) is 14.2 Å². The molecule has 0 spiro atoms. The minimum atomic E-state index is -0.000519. The fraction of sp³-hybridized carbons (Fsp3) is 0.600. The number of rotatable bonds is 4. The van der Waals surface area contributed by atoms with Crippen LogP contribution in [0.2, 0.25) is 5.02 Å². The summed E-state index contributed by atoms with van der Waals surface area (Å²) in [5, 5.41) is 10.0. The van der Waals surface area contributed by atoms with Crippen LogP contribution in [0.4, 0.5) is 0 Å². The molecule has 0 amide bonds. The zero-order valence-corrected chi connectivity index (χ0v) is 13.4. The molecule has 0 aliphatic heterocycles. The highest BCUT2D eigenvalue weighted by Gasteiger charge is 2.24. The van der Waals surface area contributed by atoms with E-state index < -0.39 is 0 Å². The second-order valence-electron chi connectivity index (χ2n) is 6.09. The number of hydrogen-bond acceptors (Lipinski definition) is 3. The Kier molecular flexibility index (Phi) is 5.11. The van der Waals surface area contributed by atoms with Crippen LogP contribution in [0.25, 0.3) is 0 Å². The fourth-order valence-corrected chi connectivity index (χ4v) is 2.19. The predicted molar refractivity (Wildman–Crippen MR) is 80.1 cm³/mol. The van der Waals surface area contributed by atoms with Crippen molar-refractivity contribution < 1.29 is 9.84 Å². The van der Waals surface area contributed by atoms with Crippen molar-refractivity contribution in [2.45, 2.75) is 40.3 Å². The first-order valence-electron chi connectivity index (χ1n) is 6.42. The van der Waals surface area contributed by atoms with Gasteiger partial charge in [-0.15, -0.1) is 0 Å². The van der Waals surface area contributed by atoms with Crippen molar-refractivity contribution in [3.05, 3.63) is 22.7 Å². The van der Waals surface area contributed by atoms with E-state index in [1.807, 2.05) is 6.07 Å². The zero-order valence-electron chi connectivity index (χ0n) is 12.6. The number of ether oxygens (including phenoxy) is 1. The average Bonchev–Trinajstić information content (AvgIpc) is 2.31. The Morgan fingerprint density at radius 2 is 1.95 bits per heavy atom. The summed E-state index contributed by atoms with van der Waals surface area (Å²) >= 11 is 6.00. The first kappa shape index (κ1) is 16.1. The van der Waals surface area contributed by atoms with Gasteiger partial charge < -0.3 is 9.84 Å². The molecule has 4 heteroatoms. The van der Waals surface area contributed by atoms with E-state index in [9.17, 15) is 5.11 Å². The summed E-state index contributed by atoms with van der Waals surface area (Å²) in [7, 11) is 3.61. The number of phenolic OH excluding ortho intramolecular Hbond substituents is 1. The van der Waals surface area contributed by atoms with Crippen LogP contribution in [-0.4, -0.2) is 30.2 Å². The van der Waals surface area contributed by atoms with E-state index in [2.05, 4.69) is 39.6 Å². The van der Waals surface area contributed by atoms with Crippen molar-refractivity contribution in [3.63, 3.8) is 0 Å². The van der Waals surface area contributed by atoms with Gasteiger partial charge in [0.2, 0.25) is 0 Å². The molecule has 0 saturated carbocycles. The molecule has 0 bridgehead atoms. The number of hydrogen-bond donors (Lipinski definition) is 1. The van der Waals surface area contributed by atoms with Crippen molar-refractivity contribution >= 4 is 11.6 Å². The molecule has 1 aromatic rings. The molecule has 0 aromatic heterocycles. The number of halogens is 1. The Hall–Kier alpha value is -0.930. The van der Waals surface area contributed by atoms with Gasteiger partial charge in [0.25, 0.3) is 0 Å². The summed E-state index contributed by atoms with van der Waals surface area (Å²) in [6, 6.07) is 4.03. The number of aromatic hydroxyl groups is 1. The highest BCUT2D eigenvalue weighted by Crippen LogP contribution is 2.35. The second-order valence-corrected chi connectivity index (χ2v) is 6.49. The molecule has 0 saturated heterocycles. The van der Waals surface area contributed by atoms with Gasteiger partial charge in [0, 0.05) is 12.6 Å². The van der Waals surface area contributed by atoms with Crippen LogP contribution in [0.5, 0.6) is 11.5 Å². The van der Waals surface area contributed by atoms with Crippen LogP contribution in [0.15, 0.2) is 12.1 Å². The van der Waals surface area contributed by atoms with Gasteiger partial charge in [-0.25, -0.2) is 0 Å². The summed E-state index contributed by atoms with van der Waals surface area (Å²) in [5.41, 5.74) is 1.23. The average molecular weight is 286 g/mol. The molecule has 0 aliphatic rings. The Balaban J connectivity index is 2.91. The molecule has 1 aromatic carbocycles. The predicted octanol–water partition coefficient (Wildman–Crippen LogP) is 3.92. The topological polar surface area (TPSA) is 32.7 Å². The lowest BCUT2D eigenvalue weighted by Gasteiger charge is -2.35. The maximum atomic E-state index is 9.72. The molecule has 1 N–H and O–H groups in total. The second kappa shape index (κ2) is 6.02. The molecule has 0 heterocycles. The summed E-state index contributed by atoms with van der Waals surface area (Å²) < 4.78 is 5.12. The van der Waals surface area contributed by atoms with Gasteiger partial charge in [0.05, 0.1) is 12.1 Å². The monoisotopic (exact) mass is 285 g/mol. The van der Waals surface area contributed by atoms with E-state index in [0.717, 1.165) is 12.1 Å². The number of nitrogens with zero attached hydrogens (tertiary/aromatic N) is 1. The number of methoxy groups -OCH3 is 1. The lowest BCUT2D eigenvalue weighted by atomic mass is 9.87. The highest BCUT2D eigenvalue weighted by atomic mass is 35.5. The van der Waals surface area contributed by atoms with E-state index >= 15 is 0 Å². The number of benzene rings is 1. The van der Waals surface area contributed by atoms with Gasteiger partial charge in [0.15, 0.2) is 11.5 Å². The van der Waals surface area contributed by atoms with Crippen LogP contribution in [0, 0.1) is 5.41 Å². The third-order valence-electron chi connectivity index (χ3n) is 3.65. The minimum absolute atomic E-state index is 0.000519. The Labute approximate surface area is 121 Å². The Bertz CT molecular complexity index is 441. The first-order chi connectivity index (χ1) is 8.66. The number of phenols is 1. The molecule has 108 valence electrons. The molecule has 0 radical (unpaired) electrons. The molecular weight excluding hydrogens is 262 g/mol. The van der Waals surface area contributed by atoms with E-state index in [0.29, 0.717) is 16.8 Å². The van der Waals surface area contributed by atoms with Gasteiger partial charge in [-0.2, -0.15) is 0 Å². The van der Waals surface area contributed by atoms with Gasteiger partial charge >= 0.3 is 0 Å². The third-order valence-corrected chi connectivity index (χ3v) is 3.94. The Morgan fingerprint density at radius 1 is 1.37 bits per heavy atom. The van der Waals surface area contributed by atoms with Gasteiger partial charge in [0.1, 0.15) is 0 Å². The quantitative estimate of drug-likeness (QED) is 0.910. The zero-order chi connectivity index (χ0) is 14.8. The smallest absolute Gasteiger partial charge is 0.176 e. The molecule has 1 rings (SSSR count). The van der Waals surface area contributed by atoms with Crippen LogP contribution in [0.3, 0.4) is 0 Å². The van der Waals surface area contributed by atoms with Crippen molar-refractivity contribution in [1.29, 1.82) is 0 Å². The van der Waals surface area contributed by atoms with Gasteiger partial charge in [-0.1, -0.05) is 32.4 Å². The molecular formula is C15H24ClNO2. The largest absolute Gasteiger partial charge is 0.503 e. The fourth-order valence-electron chi connectivity index (χ4n) is 1.96. The molecule has 3 nitrogen and oxygen atoms in total. The molecule has 0 fully saturated rings. The highest BCUT2D eigenvalue weighted by molar-refractivity contribution is 6.32. The minimum Gasteiger partial charge on any atom is -0.503 e. The van der Waals surface area contributed by atoms with Crippen LogP contribution >= 0.6 is 11.6 Å². The van der Waals surface area contributed by atoms with Gasteiger partial charge in [-0.3, -0.25) is 4.90 Å². The normalized spacial score (nSPS) is 13.7. The van der Waals surface area contributed by atoms with Crippen LogP contribution in [-0.2, 0) is 6.54 Å². The summed E-state index contributed by atoms with van der Waals surface area (Å²) in [6.45, 7) is 9.63. The Morgan fingerprint density at radius 3 is 2.42 bits per heavy atom. The first-order valence-corrected chi connectivity index (χ1v) is 6.80. The van der Waals surface area contributed by atoms with Gasteiger partial charge in [-0.05, 0) is 37.1 Å². The lowest BCUT2D eigenvalue weighted by molar-refractivity contribution is 0.134. The van der Waals surface area contributed by atoms with Crippen LogP contribution < -0.4 is 4.74 Å². The molecule has 1 unspecified atom stereocenters. The van der Waals surface area contributed by atoms with E-state index in [1.54, 1.807) is 6.07 Å². The van der Waals surface area contributed by atoms with Crippen molar-refractivity contribution in [2.24, 2.45) is 5.41 Å². The maximum Gasteiger partial charge on any atom is 0.176 e. The standard InChI is InChI=1S/C15H24ClNO2/c1-10(15(2,3)4)17(5)9-11-7-12(16)14(18)13(8-11)19-6/h7-8,10,18H,9H2,1-6H3. The summed E-state index contributed by atoms with van der Waals surface area (Å²) in [4.78, 5) is 2.27. The van der Waals surface area contributed by atoms with E-state index in [-0.39, 0.29) is 11.2 Å². The summed E-state index contributed by atoms with van der Waals surface area (Å²) in [6.07, 6.45) is 0. The molecule has 0 aliphatic carbocycles. The SMILES string of the molecule is COc1cc(CN(C)C(C)C(C)(C)C)cc(Cl)c1O. The van der Waals surface area contributed by atoms with E-state index in [4.69, 9.17) is 16.3 Å². The molecule has 19 heavy (non-hydrogen) atoms.